The van der Waals surface area contributed by atoms with Crippen LogP contribution < -0.4 is 15.4 Å². The number of aromatic nitrogens is 3. The van der Waals surface area contributed by atoms with E-state index in [0.717, 1.165) is 29.9 Å². The molecular formula is C29H30N6O5. The van der Waals surface area contributed by atoms with Gasteiger partial charge in [0, 0.05) is 25.0 Å². The van der Waals surface area contributed by atoms with Gasteiger partial charge in [-0.15, -0.1) is 0 Å². The number of carbonyl (C=O) groups is 2. The van der Waals surface area contributed by atoms with Crippen molar-refractivity contribution in [1.82, 2.24) is 20.1 Å². The van der Waals surface area contributed by atoms with E-state index in [0.29, 0.717) is 18.0 Å². The van der Waals surface area contributed by atoms with Crippen molar-refractivity contribution in [2.75, 3.05) is 18.4 Å². The number of ether oxygens (including phenoxy) is 1. The smallest absolute Gasteiger partial charge is 0.290 e. The van der Waals surface area contributed by atoms with Crippen molar-refractivity contribution in [3.05, 3.63) is 95.8 Å². The van der Waals surface area contributed by atoms with Crippen LogP contribution in [0.25, 0.3) is 11.3 Å². The second kappa shape index (κ2) is 15.3. The molecule has 2 atom stereocenters. The van der Waals surface area contributed by atoms with Crippen LogP contribution in [-0.4, -0.2) is 57.1 Å². The van der Waals surface area contributed by atoms with Crippen molar-refractivity contribution in [2.45, 2.75) is 18.6 Å². The fraction of sp³-hybridized carbons (Fsp3) is 0.207. The van der Waals surface area contributed by atoms with Gasteiger partial charge in [-0.3, -0.25) is 14.3 Å². The molecule has 0 radical (unpaired) electrons. The lowest BCUT2D eigenvalue weighted by molar-refractivity contribution is -0.123. The molecule has 206 valence electrons. The number of hydrogen-bond donors (Lipinski definition) is 4. The predicted octanol–water partition coefficient (Wildman–Crippen LogP) is 3.50. The minimum Gasteiger partial charge on any atom is -0.483 e. The third kappa shape index (κ3) is 7.89. The van der Waals surface area contributed by atoms with E-state index < -0.39 is 0 Å². The summed E-state index contributed by atoms with van der Waals surface area (Å²) in [5, 5.41) is 34.2. The van der Waals surface area contributed by atoms with Crippen LogP contribution in [-0.2, 0) is 23.1 Å². The lowest BCUT2D eigenvalue weighted by Crippen LogP contribution is -2.43. The van der Waals surface area contributed by atoms with Crippen molar-refractivity contribution in [3.63, 3.8) is 0 Å². The van der Waals surface area contributed by atoms with Gasteiger partial charge in [-0.05, 0) is 48.4 Å². The number of nitrogens with one attached hydrogen (secondary N) is 2. The zero-order valence-corrected chi connectivity index (χ0v) is 21.8. The van der Waals surface area contributed by atoms with E-state index in [-0.39, 0.29) is 25.1 Å². The highest BCUT2D eigenvalue weighted by Crippen LogP contribution is 2.34. The minimum atomic E-state index is -0.250. The largest absolute Gasteiger partial charge is 0.483 e. The molecule has 0 spiro atoms. The summed E-state index contributed by atoms with van der Waals surface area (Å²) in [6.45, 7) is 0.942. The van der Waals surface area contributed by atoms with Crippen LogP contribution in [0, 0.1) is 11.3 Å². The van der Waals surface area contributed by atoms with E-state index in [1.165, 1.54) is 11.1 Å². The number of rotatable bonds is 7. The Morgan fingerprint density at radius 3 is 2.48 bits per heavy atom. The van der Waals surface area contributed by atoms with Gasteiger partial charge in [0.15, 0.2) is 0 Å². The molecule has 0 fully saturated rings. The number of pyridine rings is 1. The second-order valence-electron chi connectivity index (χ2n) is 8.57. The summed E-state index contributed by atoms with van der Waals surface area (Å²) in [4.78, 5) is 21.3. The Labute approximate surface area is 231 Å². The Balaban J connectivity index is 0.000000676. The molecule has 40 heavy (non-hydrogen) atoms. The van der Waals surface area contributed by atoms with Crippen molar-refractivity contribution in [1.29, 1.82) is 5.26 Å². The summed E-state index contributed by atoms with van der Waals surface area (Å²) >= 11 is 0. The Hall–Kier alpha value is -5.21. The van der Waals surface area contributed by atoms with Gasteiger partial charge in [-0.1, -0.05) is 42.5 Å². The van der Waals surface area contributed by atoms with E-state index in [1.54, 1.807) is 6.20 Å². The molecule has 1 aliphatic rings. The van der Waals surface area contributed by atoms with Gasteiger partial charge in [0.2, 0.25) is 5.88 Å². The summed E-state index contributed by atoms with van der Waals surface area (Å²) in [6, 6.07) is 24.3. The van der Waals surface area contributed by atoms with Crippen LogP contribution in [0.3, 0.4) is 0 Å². The maximum Gasteiger partial charge on any atom is 0.290 e. The van der Waals surface area contributed by atoms with E-state index in [1.807, 2.05) is 66.5 Å². The number of nitriles is 1. The van der Waals surface area contributed by atoms with Gasteiger partial charge < -0.3 is 25.6 Å². The maximum atomic E-state index is 9.00. The van der Waals surface area contributed by atoms with Crippen molar-refractivity contribution in [3.8, 4) is 23.2 Å². The van der Waals surface area contributed by atoms with Crippen LogP contribution in [0.2, 0.25) is 0 Å². The molecule has 0 saturated heterocycles. The van der Waals surface area contributed by atoms with E-state index in [9.17, 15) is 0 Å². The Morgan fingerprint density at radius 2 is 1.85 bits per heavy atom. The predicted molar refractivity (Wildman–Crippen MR) is 149 cm³/mol. The molecule has 0 aliphatic carbocycles. The molecular weight excluding hydrogens is 512 g/mol. The average molecular weight is 543 g/mol. The first-order valence-electron chi connectivity index (χ1n) is 12.4. The van der Waals surface area contributed by atoms with Gasteiger partial charge in [0.05, 0.1) is 35.6 Å². The first-order chi connectivity index (χ1) is 19.5. The molecule has 11 nitrogen and oxygen atoms in total. The molecule has 5 rings (SSSR count). The fourth-order valence-electron chi connectivity index (χ4n) is 4.29. The van der Waals surface area contributed by atoms with Gasteiger partial charge in [-0.25, -0.2) is 4.98 Å². The third-order valence-corrected chi connectivity index (χ3v) is 6.12. The number of fused-ring (bicyclic) bond motifs is 1. The number of nitrogens with zero attached hydrogens (tertiary/aromatic N) is 4. The summed E-state index contributed by atoms with van der Waals surface area (Å²) in [6.07, 6.45) is 4.35. The van der Waals surface area contributed by atoms with Gasteiger partial charge in [-0.2, -0.15) is 10.4 Å². The third-order valence-electron chi connectivity index (χ3n) is 6.12. The molecule has 0 saturated carbocycles. The van der Waals surface area contributed by atoms with Gasteiger partial charge >= 0.3 is 0 Å². The second-order valence-corrected chi connectivity index (χ2v) is 8.57. The van der Waals surface area contributed by atoms with E-state index in [2.05, 4.69) is 45.0 Å². The van der Waals surface area contributed by atoms with Crippen LogP contribution in [0.5, 0.6) is 5.88 Å². The number of aryl methyl sites for hydroxylation is 1. The maximum absolute atomic E-state index is 9.00. The molecule has 11 heteroatoms. The first kappa shape index (κ1) is 29.3. The molecule has 0 bridgehead atoms. The highest BCUT2D eigenvalue weighted by Gasteiger charge is 2.29. The average Bonchev–Trinajstić information content (AvgIpc) is 3.42. The van der Waals surface area contributed by atoms with Gasteiger partial charge in [0.25, 0.3) is 12.9 Å². The molecule has 1 aliphatic heterocycles. The SMILES string of the molecule is Cn1nccc1-c1cnc2c(c1)NC[C@@H]([C@H](NCCc1ccc(C#N)cc1)c1ccccc1)O2.O=CO.O=CO. The number of benzene rings is 2. The quantitative estimate of drug-likeness (QED) is 0.254. The summed E-state index contributed by atoms with van der Waals surface area (Å²) in [7, 11) is 1.92. The minimum absolute atomic E-state index is 0.00113. The zero-order chi connectivity index (χ0) is 28.7. The fourth-order valence-corrected chi connectivity index (χ4v) is 4.29. The van der Waals surface area contributed by atoms with Crippen molar-refractivity contribution in [2.24, 2.45) is 7.05 Å². The standard InChI is InChI=1S/C27H26N6O.2CH2O2/c1-33-24(12-14-32-33)22-15-23-27(31-17-22)34-25(18-30-23)26(21-5-3-2-4-6-21)29-13-11-19-7-9-20(16-28)10-8-19;2*2-1-3/h2-10,12,14-15,17,25-26,29-30H,11,13,18H2,1H3;2*1H,(H,2,3)/t25-,26+;;/m0../s1. The number of carboxylic acid groups (broad SMARTS) is 2. The van der Waals surface area contributed by atoms with E-state index >= 15 is 0 Å². The molecule has 0 unspecified atom stereocenters. The van der Waals surface area contributed by atoms with E-state index in [4.69, 9.17) is 29.8 Å². The summed E-state index contributed by atoms with van der Waals surface area (Å²) < 4.78 is 8.22. The number of hydrogen-bond acceptors (Lipinski definition) is 8. The monoisotopic (exact) mass is 542 g/mol. The summed E-state index contributed by atoms with van der Waals surface area (Å²) in [5.41, 5.74) is 5.93. The van der Waals surface area contributed by atoms with Crippen LogP contribution in [0.15, 0.2) is 79.1 Å². The number of anilines is 1. The Bertz CT molecular complexity index is 1400. The Morgan fingerprint density at radius 1 is 1.15 bits per heavy atom. The summed E-state index contributed by atoms with van der Waals surface area (Å²) in [5.74, 6) is 0.608. The first-order valence-corrected chi connectivity index (χ1v) is 12.4. The molecule has 4 N–H and O–H groups in total. The van der Waals surface area contributed by atoms with Crippen LogP contribution in [0.4, 0.5) is 5.69 Å². The molecule has 4 aromatic rings. The lowest BCUT2D eigenvalue weighted by Gasteiger charge is -2.33. The molecule has 3 heterocycles. The molecule has 2 aromatic heterocycles. The lowest BCUT2D eigenvalue weighted by atomic mass is 9.99. The van der Waals surface area contributed by atoms with Crippen LogP contribution >= 0.6 is 0 Å². The topological polar surface area (TPSA) is 162 Å². The zero-order valence-electron chi connectivity index (χ0n) is 21.8. The highest BCUT2D eigenvalue weighted by molar-refractivity contribution is 5.67. The Kier molecular flexibility index (Phi) is 11.2. The van der Waals surface area contributed by atoms with Gasteiger partial charge in [0.1, 0.15) is 6.10 Å². The normalized spacial score (nSPS) is 13.8. The van der Waals surface area contributed by atoms with Crippen LogP contribution in [0.1, 0.15) is 22.7 Å². The highest BCUT2D eigenvalue weighted by atomic mass is 16.5. The molecule has 0 amide bonds. The molecule has 2 aromatic carbocycles. The van der Waals surface area contributed by atoms with Crippen molar-refractivity contribution >= 4 is 18.6 Å². The van der Waals surface area contributed by atoms with Crippen molar-refractivity contribution < 1.29 is 24.5 Å².